The van der Waals surface area contributed by atoms with Crippen LogP contribution in [0.3, 0.4) is 0 Å². The van der Waals surface area contributed by atoms with Crippen molar-refractivity contribution >= 4 is 15.7 Å². The van der Waals surface area contributed by atoms with Gasteiger partial charge in [0.25, 0.3) is 5.91 Å². The topological polar surface area (TPSA) is 66.5 Å². The van der Waals surface area contributed by atoms with Gasteiger partial charge in [-0.15, -0.1) is 0 Å². The normalized spacial score (nSPS) is 16.2. The molecule has 144 valence electrons. The van der Waals surface area contributed by atoms with Crippen molar-refractivity contribution < 1.29 is 13.2 Å². The lowest BCUT2D eigenvalue weighted by Gasteiger charge is -2.28. The molecule has 1 unspecified atom stereocenters. The molecule has 0 spiro atoms. The van der Waals surface area contributed by atoms with Crippen LogP contribution in [0.5, 0.6) is 0 Å². The molecular weight excluding hydrogens is 360 g/mol. The molecule has 0 aliphatic carbocycles. The van der Waals surface area contributed by atoms with Gasteiger partial charge < -0.3 is 5.32 Å². The van der Waals surface area contributed by atoms with Crippen LogP contribution in [0.4, 0.5) is 0 Å². The zero-order valence-corrected chi connectivity index (χ0v) is 16.4. The molecule has 3 rings (SSSR count). The van der Waals surface area contributed by atoms with E-state index in [1.54, 1.807) is 24.3 Å². The van der Waals surface area contributed by atoms with Crippen molar-refractivity contribution in [2.24, 2.45) is 0 Å². The summed E-state index contributed by atoms with van der Waals surface area (Å²) in [6, 6.07) is 17.2. The lowest BCUT2D eigenvalue weighted by Crippen LogP contribution is -2.36. The summed E-state index contributed by atoms with van der Waals surface area (Å²) in [5, 5.41) is 3.04. The van der Waals surface area contributed by atoms with E-state index in [0.717, 1.165) is 13.1 Å². The molecule has 1 aliphatic rings. The molecule has 1 saturated heterocycles. The molecule has 1 aliphatic heterocycles. The average Bonchev–Trinajstić information content (AvgIpc) is 3.16. The Balaban J connectivity index is 1.65. The number of nitrogens with zero attached hydrogens (tertiary/aromatic N) is 1. The van der Waals surface area contributed by atoms with Crippen LogP contribution < -0.4 is 5.32 Å². The Morgan fingerprint density at radius 3 is 2.26 bits per heavy atom. The highest BCUT2D eigenvalue weighted by molar-refractivity contribution is 7.89. The molecule has 27 heavy (non-hydrogen) atoms. The minimum absolute atomic E-state index is 0.0139. The van der Waals surface area contributed by atoms with E-state index >= 15 is 0 Å². The summed E-state index contributed by atoms with van der Waals surface area (Å²) < 4.78 is 22.7. The second kappa shape index (κ2) is 8.67. The van der Waals surface area contributed by atoms with Crippen molar-refractivity contribution in [3.05, 3.63) is 71.3 Å². The highest BCUT2D eigenvalue weighted by Gasteiger charge is 2.24. The van der Waals surface area contributed by atoms with Gasteiger partial charge >= 0.3 is 0 Å². The molecule has 1 N–H and O–H groups in total. The van der Waals surface area contributed by atoms with Crippen LogP contribution in [0, 0.1) is 0 Å². The summed E-state index contributed by atoms with van der Waals surface area (Å²) >= 11 is 0. The number of nitrogens with one attached hydrogen (secondary N) is 1. The van der Waals surface area contributed by atoms with E-state index in [4.69, 9.17) is 0 Å². The smallest absolute Gasteiger partial charge is 0.251 e. The molecule has 0 bridgehead atoms. The molecule has 1 amide bonds. The van der Waals surface area contributed by atoms with Crippen molar-refractivity contribution in [3.63, 3.8) is 0 Å². The number of sulfone groups is 1. The largest absolute Gasteiger partial charge is 0.350 e. The molecule has 0 saturated carbocycles. The first-order valence-electron chi connectivity index (χ1n) is 9.26. The van der Waals surface area contributed by atoms with Gasteiger partial charge in [0, 0.05) is 18.4 Å². The van der Waals surface area contributed by atoms with E-state index in [1.165, 1.54) is 24.7 Å². The van der Waals surface area contributed by atoms with E-state index in [0.29, 0.717) is 17.7 Å². The quantitative estimate of drug-likeness (QED) is 0.795. The molecule has 2 aromatic carbocycles. The first kappa shape index (κ1) is 19.6. The van der Waals surface area contributed by atoms with E-state index in [2.05, 4.69) is 22.3 Å². The van der Waals surface area contributed by atoms with Gasteiger partial charge in [0.2, 0.25) is 0 Å². The van der Waals surface area contributed by atoms with Crippen molar-refractivity contribution in [2.45, 2.75) is 24.6 Å². The fraction of sp³-hybridized carbons (Fsp3) is 0.381. The third-order valence-electron chi connectivity index (χ3n) is 4.87. The van der Waals surface area contributed by atoms with Crippen LogP contribution in [-0.4, -0.2) is 45.1 Å². The van der Waals surface area contributed by atoms with Crippen molar-refractivity contribution in [1.29, 1.82) is 0 Å². The molecule has 0 aromatic heterocycles. The van der Waals surface area contributed by atoms with Gasteiger partial charge in [-0.25, -0.2) is 8.42 Å². The maximum absolute atomic E-state index is 12.5. The molecule has 1 heterocycles. The minimum Gasteiger partial charge on any atom is -0.350 e. The van der Waals surface area contributed by atoms with E-state index in [1.807, 2.05) is 18.2 Å². The van der Waals surface area contributed by atoms with Crippen LogP contribution in [0.25, 0.3) is 0 Å². The van der Waals surface area contributed by atoms with Crippen LogP contribution >= 0.6 is 0 Å². The number of hydrogen-bond donors (Lipinski definition) is 1. The van der Waals surface area contributed by atoms with Gasteiger partial charge in [0.05, 0.1) is 11.8 Å². The number of carbonyl (C=O) groups excluding carboxylic acids is 1. The maximum Gasteiger partial charge on any atom is 0.251 e. The Morgan fingerprint density at radius 1 is 1.04 bits per heavy atom. The van der Waals surface area contributed by atoms with Crippen LogP contribution in [-0.2, 0) is 15.6 Å². The van der Waals surface area contributed by atoms with Gasteiger partial charge in [-0.05, 0) is 49.2 Å². The number of carbonyl (C=O) groups is 1. The molecule has 1 atom stereocenters. The standard InChI is InChI=1S/C21H26N2O3S/c1-27(25,26)16-17-9-11-19(12-10-17)21(24)22-15-20(23-13-5-6-14-23)18-7-3-2-4-8-18/h2-4,7-12,20H,5-6,13-16H2,1H3,(H,22,24). The van der Waals surface area contributed by atoms with E-state index in [9.17, 15) is 13.2 Å². The Kier molecular flexibility index (Phi) is 6.29. The summed E-state index contributed by atoms with van der Waals surface area (Å²) in [5.41, 5.74) is 2.44. The maximum atomic E-state index is 12.5. The summed E-state index contributed by atoms with van der Waals surface area (Å²) in [5.74, 6) is -0.152. The fourth-order valence-corrected chi connectivity index (χ4v) is 4.33. The van der Waals surface area contributed by atoms with E-state index in [-0.39, 0.29) is 17.7 Å². The number of likely N-dealkylation sites (tertiary alicyclic amines) is 1. The lowest BCUT2D eigenvalue weighted by molar-refractivity contribution is 0.0938. The Labute approximate surface area is 161 Å². The van der Waals surface area contributed by atoms with Gasteiger partial charge in [0.15, 0.2) is 9.84 Å². The summed E-state index contributed by atoms with van der Waals surface area (Å²) in [4.78, 5) is 15.0. The van der Waals surface area contributed by atoms with Crippen molar-refractivity contribution in [1.82, 2.24) is 10.2 Å². The SMILES string of the molecule is CS(=O)(=O)Cc1ccc(C(=O)NCC(c2ccccc2)N2CCCC2)cc1. The lowest BCUT2D eigenvalue weighted by atomic mass is 10.1. The highest BCUT2D eigenvalue weighted by atomic mass is 32.2. The molecule has 5 nitrogen and oxygen atoms in total. The third-order valence-corrected chi connectivity index (χ3v) is 5.72. The Morgan fingerprint density at radius 2 is 1.67 bits per heavy atom. The monoisotopic (exact) mass is 386 g/mol. The molecule has 1 fully saturated rings. The van der Waals surface area contributed by atoms with Gasteiger partial charge in [0.1, 0.15) is 0 Å². The average molecular weight is 387 g/mol. The molecule has 2 aromatic rings. The summed E-state index contributed by atoms with van der Waals surface area (Å²) in [7, 11) is -3.08. The van der Waals surface area contributed by atoms with E-state index < -0.39 is 9.84 Å². The van der Waals surface area contributed by atoms with Crippen LogP contribution in [0.1, 0.15) is 40.4 Å². The van der Waals surface area contributed by atoms with Crippen LogP contribution in [0.15, 0.2) is 54.6 Å². The first-order valence-corrected chi connectivity index (χ1v) is 11.3. The Hall–Kier alpha value is -2.18. The zero-order chi connectivity index (χ0) is 19.3. The number of hydrogen-bond acceptors (Lipinski definition) is 4. The minimum atomic E-state index is -3.08. The predicted octanol–water partition coefficient (Wildman–Crippen LogP) is 2.80. The van der Waals surface area contributed by atoms with Crippen molar-refractivity contribution in [2.75, 3.05) is 25.9 Å². The predicted molar refractivity (Wildman–Crippen MR) is 107 cm³/mol. The first-order chi connectivity index (χ1) is 12.9. The molecule has 0 radical (unpaired) electrons. The fourth-order valence-electron chi connectivity index (χ4n) is 3.53. The zero-order valence-electron chi connectivity index (χ0n) is 15.6. The number of rotatable bonds is 7. The van der Waals surface area contributed by atoms with Gasteiger partial charge in [-0.2, -0.15) is 0 Å². The Bertz CT molecular complexity index is 858. The summed E-state index contributed by atoms with van der Waals surface area (Å²) in [6.07, 6.45) is 3.59. The van der Waals surface area contributed by atoms with Crippen molar-refractivity contribution in [3.8, 4) is 0 Å². The molecular formula is C21H26N2O3S. The van der Waals surface area contributed by atoms with Gasteiger partial charge in [-0.1, -0.05) is 42.5 Å². The van der Waals surface area contributed by atoms with Gasteiger partial charge in [-0.3, -0.25) is 9.69 Å². The summed E-state index contributed by atoms with van der Waals surface area (Å²) in [6.45, 7) is 2.65. The number of benzene rings is 2. The third kappa shape index (κ3) is 5.65. The molecule has 6 heteroatoms. The van der Waals surface area contributed by atoms with Crippen LogP contribution in [0.2, 0.25) is 0 Å². The second-order valence-corrected chi connectivity index (χ2v) is 9.29. The second-order valence-electron chi connectivity index (χ2n) is 7.15. The highest BCUT2D eigenvalue weighted by Crippen LogP contribution is 2.24. The number of amides is 1.